The van der Waals surface area contributed by atoms with Crippen LogP contribution in [0.3, 0.4) is 0 Å². The maximum absolute atomic E-state index is 5.77. The molecule has 1 heterocycles. The van der Waals surface area contributed by atoms with E-state index in [1.807, 2.05) is 36.8 Å². The highest BCUT2D eigenvalue weighted by Crippen LogP contribution is 2.32. The number of benzene rings is 1. The van der Waals surface area contributed by atoms with Gasteiger partial charge in [-0.1, -0.05) is 25.3 Å². The van der Waals surface area contributed by atoms with Crippen molar-refractivity contribution in [1.29, 1.82) is 0 Å². The van der Waals surface area contributed by atoms with Gasteiger partial charge in [0, 0.05) is 29.6 Å². The Labute approximate surface area is 125 Å². The topological polar surface area (TPSA) is 53.1 Å². The van der Waals surface area contributed by atoms with Crippen molar-refractivity contribution < 1.29 is 4.74 Å². The molecule has 0 spiro atoms. The lowest BCUT2D eigenvalue weighted by Gasteiger charge is -2.22. The van der Waals surface area contributed by atoms with E-state index < -0.39 is 0 Å². The number of ether oxygens (including phenoxy) is 1. The van der Waals surface area contributed by atoms with E-state index >= 15 is 0 Å². The third kappa shape index (κ3) is 3.57. The summed E-state index contributed by atoms with van der Waals surface area (Å²) in [7, 11) is 0. The Bertz CT molecular complexity index is 573. The number of nitrogens with two attached hydrogens (primary N) is 1. The van der Waals surface area contributed by atoms with E-state index in [1.165, 1.54) is 37.8 Å². The summed E-state index contributed by atoms with van der Waals surface area (Å²) in [6, 6.07) is 7.57. The zero-order valence-electron chi connectivity index (χ0n) is 12.4. The molecule has 2 aromatic rings. The van der Waals surface area contributed by atoms with Crippen LogP contribution in [0.25, 0.3) is 0 Å². The van der Waals surface area contributed by atoms with Gasteiger partial charge in [-0.3, -0.25) is 0 Å². The molecule has 1 aromatic carbocycles. The summed E-state index contributed by atoms with van der Waals surface area (Å²) in [5, 5.41) is 0. The Morgan fingerprint density at radius 1 is 1.24 bits per heavy atom. The van der Waals surface area contributed by atoms with E-state index in [-0.39, 0.29) is 0 Å². The quantitative estimate of drug-likeness (QED) is 0.854. The van der Waals surface area contributed by atoms with E-state index in [9.17, 15) is 0 Å². The van der Waals surface area contributed by atoms with E-state index in [1.54, 1.807) is 0 Å². The molecule has 1 aliphatic carbocycles. The molecule has 112 valence electrons. The zero-order valence-corrected chi connectivity index (χ0v) is 12.4. The minimum Gasteiger partial charge on any atom is -0.492 e. The van der Waals surface area contributed by atoms with Crippen LogP contribution in [-0.2, 0) is 6.54 Å². The first-order chi connectivity index (χ1) is 10.3. The zero-order chi connectivity index (χ0) is 14.5. The Kier molecular flexibility index (Phi) is 4.43. The highest BCUT2D eigenvalue weighted by molar-refractivity contribution is 5.43. The van der Waals surface area contributed by atoms with Crippen molar-refractivity contribution in [3.8, 4) is 5.75 Å². The van der Waals surface area contributed by atoms with Crippen LogP contribution in [0.5, 0.6) is 5.75 Å². The molecular weight excluding hydrogens is 262 g/mol. The lowest BCUT2D eigenvalue weighted by atomic mass is 9.87. The fourth-order valence-corrected chi connectivity index (χ4v) is 3.12. The molecule has 3 rings (SSSR count). The van der Waals surface area contributed by atoms with Crippen LogP contribution in [0.2, 0.25) is 0 Å². The van der Waals surface area contributed by atoms with Crippen LogP contribution >= 0.6 is 0 Å². The Morgan fingerprint density at radius 2 is 2.10 bits per heavy atom. The fourth-order valence-electron chi connectivity index (χ4n) is 3.12. The number of nitrogens with zero attached hydrogens (tertiary/aromatic N) is 2. The van der Waals surface area contributed by atoms with Crippen molar-refractivity contribution in [3.63, 3.8) is 0 Å². The van der Waals surface area contributed by atoms with Gasteiger partial charge in [0.2, 0.25) is 0 Å². The second kappa shape index (κ2) is 6.66. The molecule has 21 heavy (non-hydrogen) atoms. The predicted octanol–water partition coefficient (Wildman–Crippen LogP) is 3.59. The Balaban J connectivity index is 1.57. The van der Waals surface area contributed by atoms with Gasteiger partial charge in [-0.25, -0.2) is 4.98 Å². The molecule has 4 nitrogen and oxygen atoms in total. The van der Waals surface area contributed by atoms with Gasteiger partial charge in [0.25, 0.3) is 0 Å². The fraction of sp³-hybridized carbons (Fsp3) is 0.471. The first-order valence-corrected chi connectivity index (χ1v) is 7.81. The van der Waals surface area contributed by atoms with Crippen molar-refractivity contribution in [2.45, 2.75) is 44.6 Å². The molecule has 2 N–H and O–H groups in total. The molecule has 4 heteroatoms. The number of rotatable bonds is 5. The van der Waals surface area contributed by atoms with Gasteiger partial charge >= 0.3 is 0 Å². The highest BCUT2D eigenvalue weighted by atomic mass is 16.5. The SMILES string of the molecule is Nc1cccc(OCCn2cncc2C2CCCCC2)c1. The lowest BCUT2D eigenvalue weighted by molar-refractivity contribution is 0.293. The maximum atomic E-state index is 5.77. The summed E-state index contributed by atoms with van der Waals surface area (Å²) < 4.78 is 8.01. The number of hydrogen-bond acceptors (Lipinski definition) is 3. The van der Waals surface area contributed by atoms with Crippen LogP contribution in [-0.4, -0.2) is 16.2 Å². The van der Waals surface area contributed by atoms with Crippen LogP contribution in [0.1, 0.15) is 43.7 Å². The largest absolute Gasteiger partial charge is 0.492 e. The van der Waals surface area contributed by atoms with Crippen molar-refractivity contribution >= 4 is 5.69 Å². The van der Waals surface area contributed by atoms with Crippen LogP contribution < -0.4 is 10.5 Å². The third-order valence-corrected chi connectivity index (χ3v) is 4.23. The van der Waals surface area contributed by atoms with Crippen LogP contribution in [0, 0.1) is 0 Å². The van der Waals surface area contributed by atoms with Gasteiger partial charge in [-0.15, -0.1) is 0 Å². The van der Waals surface area contributed by atoms with Gasteiger partial charge in [0.1, 0.15) is 12.4 Å². The molecule has 1 fully saturated rings. The van der Waals surface area contributed by atoms with Crippen LogP contribution in [0.4, 0.5) is 5.69 Å². The predicted molar refractivity (Wildman–Crippen MR) is 84.4 cm³/mol. The van der Waals surface area contributed by atoms with Gasteiger partial charge in [0.15, 0.2) is 0 Å². The second-order valence-corrected chi connectivity index (χ2v) is 5.77. The van der Waals surface area contributed by atoms with Crippen molar-refractivity contribution in [3.05, 3.63) is 42.5 Å². The maximum Gasteiger partial charge on any atom is 0.121 e. The van der Waals surface area contributed by atoms with Gasteiger partial charge in [-0.2, -0.15) is 0 Å². The highest BCUT2D eigenvalue weighted by Gasteiger charge is 2.18. The van der Waals surface area contributed by atoms with E-state index in [0.29, 0.717) is 12.5 Å². The number of anilines is 1. The number of imidazole rings is 1. The summed E-state index contributed by atoms with van der Waals surface area (Å²) in [4.78, 5) is 4.32. The van der Waals surface area contributed by atoms with E-state index in [4.69, 9.17) is 10.5 Å². The lowest BCUT2D eigenvalue weighted by Crippen LogP contribution is -2.14. The van der Waals surface area contributed by atoms with Gasteiger partial charge in [-0.05, 0) is 25.0 Å². The first kappa shape index (κ1) is 14.0. The average molecular weight is 285 g/mol. The first-order valence-electron chi connectivity index (χ1n) is 7.81. The normalized spacial score (nSPS) is 16.0. The Morgan fingerprint density at radius 3 is 2.90 bits per heavy atom. The average Bonchev–Trinajstić information content (AvgIpc) is 2.97. The molecule has 0 amide bonds. The Hall–Kier alpha value is -1.97. The number of nitrogen functional groups attached to an aromatic ring is 1. The molecular formula is C17H23N3O. The molecule has 0 bridgehead atoms. The minimum absolute atomic E-state index is 0.638. The molecule has 0 atom stereocenters. The molecule has 0 aliphatic heterocycles. The molecule has 0 radical (unpaired) electrons. The number of hydrogen-bond donors (Lipinski definition) is 1. The molecule has 0 unspecified atom stereocenters. The number of aromatic nitrogens is 2. The monoisotopic (exact) mass is 285 g/mol. The minimum atomic E-state index is 0.638. The van der Waals surface area contributed by atoms with Gasteiger partial charge < -0.3 is 15.0 Å². The van der Waals surface area contributed by atoms with Crippen molar-refractivity contribution in [2.24, 2.45) is 0 Å². The van der Waals surface area contributed by atoms with E-state index in [2.05, 4.69) is 9.55 Å². The molecule has 1 aromatic heterocycles. The summed E-state index contributed by atoms with van der Waals surface area (Å²) in [5.41, 5.74) is 7.85. The smallest absolute Gasteiger partial charge is 0.121 e. The van der Waals surface area contributed by atoms with Crippen LogP contribution in [0.15, 0.2) is 36.8 Å². The summed E-state index contributed by atoms with van der Waals surface area (Å²) >= 11 is 0. The third-order valence-electron chi connectivity index (χ3n) is 4.23. The van der Waals surface area contributed by atoms with Crippen molar-refractivity contribution in [1.82, 2.24) is 9.55 Å². The van der Waals surface area contributed by atoms with Gasteiger partial charge in [0.05, 0.1) is 12.9 Å². The second-order valence-electron chi connectivity index (χ2n) is 5.77. The summed E-state index contributed by atoms with van der Waals surface area (Å²) in [5.74, 6) is 1.50. The molecule has 0 saturated heterocycles. The summed E-state index contributed by atoms with van der Waals surface area (Å²) in [6.07, 6.45) is 10.6. The summed E-state index contributed by atoms with van der Waals surface area (Å²) in [6.45, 7) is 1.47. The molecule has 1 aliphatic rings. The van der Waals surface area contributed by atoms with Crippen molar-refractivity contribution in [2.75, 3.05) is 12.3 Å². The molecule has 1 saturated carbocycles. The standard InChI is InChI=1S/C17H23N3O/c18-15-7-4-8-16(11-15)21-10-9-20-13-19-12-17(20)14-5-2-1-3-6-14/h4,7-8,11-14H,1-3,5-6,9-10,18H2. The van der Waals surface area contributed by atoms with E-state index in [0.717, 1.165) is 18.0 Å².